The first-order valence-electron chi connectivity index (χ1n) is 9.94. The van der Waals surface area contributed by atoms with E-state index in [2.05, 4.69) is 5.32 Å². The lowest BCUT2D eigenvalue weighted by atomic mass is 10.1. The van der Waals surface area contributed by atoms with Crippen molar-refractivity contribution in [1.82, 2.24) is 9.88 Å². The fourth-order valence-corrected chi connectivity index (χ4v) is 3.80. The first-order chi connectivity index (χ1) is 14.9. The third kappa shape index (κ3) is 4.72. The second kappa shape index (κ2) is 9.66. The van der Waals surface area contributed by atoms with E-state index in [0.717, 1.165) is 11.3 Å². The first-order valence-corrected chi connectivity index (χ1v) is 9.94. The number of nitrogens with zero attached hydrogens (tertiary/aromatic N) is 1. The summed E-state index contributed by atoms with van der Waals surface area (Å²) in [4.78, 5) is 12.0. The molecule has 0 aliphatic rings. The number of carboxylic acids is 1. The monoisotopic (exact) mass is 426 g/mol. The van der Waals surface area contributed by atoms with Crippen molar-refractivity contribution in [2.45, 2.75) is 33.5 Å². The number of ether oxygens (including phenoxy) is 2. The van der Waals surface area contributed by atoms with Crippen LogP contribution in [0.4, 0.5) is 4.39 Å². The summed E-state index contributed by atoms with van der Waals surface area (Å²) in [5.74, 6) is 0.0886. The normalized spacial score (nSPS) is 10.9. The Kier molecular flexibility index (Phi) is 6.97. The van der Waals surface area contributed by atoms with E-state index in [1.54, 1.807) is 45.4 Å². The Bertz CT molecular complexity index is 1090. The molecule has 0 atom stereocenters. The van der Waals surface area contributed by atoms with Gasteiger partial charge < -0.3 is 24.5 Å². The summed E-state index contributed by atoms with van der Waals surface area (Å²) >= 11 is 0. The van der Waals surface area contributed by atoms with Crippen LogP contribution >= 0.6 is 0 Å². The third-order valence-electron chi connectivity index (χ3n) is 5.52. The quantitative estimate of drug-likeness (QED) is 0.534. The Morgan fingerprint density at radius 3 is 2.42 bits per heavy atom. The molecule has 0 aliphatic heterocycles. The van der Waals surface area contributed by atoms with Gasteiger partial charge in [-0.1, -0.05) is 24.3 Å². The van der Waals surface area contributed by atoms with Crippen molar-refractivity contribution in [3.63, 3.8) is 0 Å². The third-order valence-corrected chi connectivity index (χ3v) is 5.52. The first kappa shape index (κ1) is 22.4. The summed E-state index contributed by atoms with van der Waals surface area (Å²) in [6.07, 6.45) is 0. The predicted octanol–water partition coefficient (Wildman–Crippen LogP) is 4.30. The summed E-state index contributed by atoms with van der Waals surface area (Å²) < 4.78 is 26.7. The maximum absolute atomic E-state index is 14.2. The molecule has 6 nitrogen and oxygen atoms in total. The SMILES string of the molecule is COc1ccc(CNCc2c(C(=O)O)c(C)n(Cc3ccccc3F)c2C)c(OC)c1. The Morgan fingerprint density at radius 1 is 1.03 bits per heavy atom. The Labute approximate surface area is 181 Å². The minimum atomic E-state index is -0.994. The predicted molar refractivity (Wildman–Crippen MR) is 116 cm³/mol. The molecule has 31 heavy (non-hydrogen) atoms. The molecule has 1 heterocycles. The molecule has 2 N–H and O–H groups in total. The molecule has 0 fully saturated rings. The van der Waals surface area contributed by atoms with Gasteiger partial charge in [-0.05, 0) is 26.0 Å². The molecule has 7 heteroatoms. The molecular formula is C24H27FN2O4. The Balaban J connectivity index is 1.84. The molecule has 2 aromatic carbocycles. The summed E-state index contributed by atoms with van der Waals surface area (Å²) in [5.41, 5.74) is 3.79. The topological polar surface area (TPSA) is 72.7 Å². The standard InChI is InChI=1S/C24H27FN2O4/c1-15-20(13-26-12-17-9-10-19(30-3)11-22(17)31-4)23(24(28)29)16(2)27(15)14-18-7-5-6-8-21(18)25/h5-11,26H,12-14H2,1-4H3,(H,28,29). The summed E-state index contributed by atoms with van der Waals surface area (Å²) in [6, 6.07) is 12.1. The molecular weight excluding hydrogens is 399 g/mol. The average molecular weight is 426 g/mol. The van der Waals surface area contributed by atoms with Crippen LogP contribution in [0.3, 0.4) is 0 Å². The highest BCUT2D eigenvalue weighted by molar-refractivity contribution is 5.91. The van der Waals surface area contributed by atoms with Crippen LogP contribution in [0.5, 0.6) is 11.5 Å². The zero-order valence-corrected chi connectivity index (χ0v) is 18.2. The minimum Gasteiger partial charge on any atom is -0.497 e. The Hall–Kier alpha value is -3.32. The van der Waals surface area contributed by atoms with Crippen molar-refractivity contribution in [1.29, 1.82) is 0 Å². The molecule has 0 unspecified atom stereocenters. The zero-order chi connectivity index (χ0) is 22.5. The van der Waals surface area contributed by atoms with E-state index in [9.17, 15) is 14.3 Å². The van der Waals surface area contributed by atoms with Gasteiger partial charge in [0.1, 0.15) is 17.3 Å². The fourth-order valence-electron chi connectivity index (χ4n) is 3.80. The van der Waals surface area contributed by atoms with Crippen LogP contribution in [0.15, 0.2) is 42.5 Å². The number of rotatable bonds is 9. The molecule has 0 bridgehead atoms. The van der Waals surface area contributed by atoms with Crippen LogP contribution in [0.25, 0.3) is 0 Å². The van der Waals surface area contributed by atoms with Crippen LogP contribution in [-0.4, -0.2) is 29.9 Å². The van der Waals surface area contributed by atoms with Gasteiger partial charge in [-0.25, -0.2) is 9.18 Å². The summed E-state index contributed by atoms with van der Waals surface area (Å²) in [5, 5.41) is 13.1. The van der Waals surface area contributed by atoms with Crippen LogP contribution in [-0.2, 0) is 19.6 Å². The highest BCUT2D eigenvalue weighted by Gasteiger charge is 2.23. The number of methoxy groups -OCH3 is 2. The smallest absolute Gasteiger partial charge is 0.337 e. The number of aromatic nitrogens is 1. The van der Waals surface area contributed by atoms with Gasteiger partial charge in [0.15, 0.2) is 0 Å². The van der Waals surface area contributed by atoms with Crippen molar-refractivity contribution in [2.24, 2.45) is 0 Å². The van der Waals surface area contributed by atoms with Gasteiger partial charge in [0.25, 0.3) is 0 Å². The van der Waals surface area contributed by atoms with Gasteiger partial charge >= 0.3 is 5.97 Å². The van der Waals surface area contributed by atoms with E-state index < -0.39 is 5.97 Å². The van der Waals surface area contributed by atoms with E-state index in [4.69, 9.17) is 9.47 Å². The van der Waals surface area contributed by atoms with Crippen molar-refractivity contribution in [2.75, 3.05) is 14.2 Å². The lowest BCUT2D eigenvalue weighted by molar-refractivity contribution is 0.0694. The minimum absolute atomic E-state index is 0.253. The summed E-state index contributed by atoms with van der Waals surface area (Å²) in [6.45, 7) is 4.74. The molecule has 1 aromatic heterocycles. The highest BCUT2D eigenvalue weighted by atomic mass is 19.1. The fraction of sp³-hybridized carbons (Fsp3) is 0.292. The van der Waals surface area contributed by atoms with Gasteiger partial charge in [0.05, 0.1) is 26.3 Å². The molecule has 164 valence electrons. The van der Waals surface area contributed by atoms with Crippen molar-refractivity contribution >= 4 is 5.97 Å². The maximum Gasteiger partial charge on any atom is 0.337 e. The number of hydrogen-bond acceptors (Lipinski definition) is 4. The highest BCUT2D eigenvalue weighted by Crippen LogP contribution is 2.26. The van der Waals surface area contributed by atoms with Crippen LogP contribution in [0.1, 0.15) is 38.4 Å². The number of hydrogen-bond donors (Lipinski definition) is 2. The number of aromatic carboxylic acids is 1. The largest absolute Gasteiger partial charge is 0.497 e. The van der Waals surface area contributed by atoms with Crippen LogP contribution in [0.2, 0.25) is 0 Å². The molecule has 3 aromatic rings. The molecule has 0 saturated carbocycles. The lowest BCUT2D eigenvalue weighted by Crippen LogP contribution is -2.16. The molecule has 0 spiro atoms. The molecule has 3 rings (SSSR count). The molecule has 0 saturated heterocycles. The molecule has 0 amide bonds. The molecule has 0 radical (unpaired) electrons. The van der Waals surface area contributed by atoms with E-state index in [1.807, 2.05) is 23.6 Å². The van der Waals surface area contributed by atoms with Gasteiger partial charge in [-0.15, -0.1) is 0 Å². The van der Waals surface area contributed by atoms with Gasteiger partial charge in [-0.2, -0.15) is 0 Å². The van der Waals surface area contributed by atoms with Crippen molar-refractivity contribution < 1.29 is 23.8 Å². The van der Waals surface area contributed by atoms with Crippen molar-refractivity contribution in [3.8, 4) is 11.5 Å². The zero-order valence-electron chi connectivity index (χ0n) is 18.2. The molecule has 0 aliphatic carbocycles. The number of carbonyl (C=O) groups is 1. The van der Waals surface area contributed by atoms with E-state index in [-0.39, 0.29) is 17.9 Å². The lowest BCUT2D eigenvalue weighted by Gasteiger charge is -2.12. The second-order valence-corrected chi connectivity index (χ2v) is 7.29. The average Bonchev–Trinajstić information content (AvgIpc) is 2.99. The van der Waals surface area contributed by atoms with Gasteiger partial charge in [0, 0.05) is 47.2 Å². The number of halogens is 1. The number of carboxylic acid groups (broad SMARTS) is 1. The number of benzene rings is 2. The maximum atomic E-state index is 14.2. The van der Waals surface area contributed by atoms with E-state index in [0.29, 0.717) is 41.4 Å². The van der Waals surface area contributed by atoms with Gasteiger partial charge in [0.2, 0.25) is 0 Å². The number of nitrogens with one attached hydrogen (secondary N) is 1. The summed E-state index contributed by atoms with van der Waals surface area (Å²) in [7, 11) is 3.19. The second-order valence-electron chi connectivity index (χ2n) is 7.29. The van der Waals surface area contributed by atoms with Crippen LogP contribution < -0.4 is 14.8 Å². The van der Waals surface area contributed by atoms with E-state index in [1.165, 1.54) is 6.07 Å². The van der Waals surface area contributed by atoms with Crippen molar-refractivity contribution in [3.05, 3.63) is 81.9 Å². The van der Waals surface area contributed by atoms with Gasteiger partial charge in [-0.3, -0.25) is 0 Å². The van der Waals surface area contributed by atoms with Crippen LogP contribution in [0, 0.1) is 19.7 Å². The van der Waals surface area contributed by atoms with E-state index >= 15 is 0 Å². The Morgan fingerprint density at radius 2 is 1.77 bits per heavy atom.